The van der Waals surface area contributed by atoms with Gasteiger partial charge < -0.3 is 0 Å². The standard InChI is InChI=1S/C46H28F4O4S4/c47-29-15-21-22(16-30(29)48)36(52)25(35(21)51)11-19-13-27-39(55-19)41-33(45(27)7-3-1-4-8-45)43-44(57-41)34-42(58-43)40-28(46(34)9-5-2-6-10-46)14-20(56-40)12-26-37(53)23-17-31(49)32(50)18-24(23)38(26)54/h11-18H,1-10H2. The molecule has 0 radical (unpaired) electrons. The number of thiophene rings is 4. The molecule has 0 atom stereocenters. The molecule has 4 aromatic heterocycles. The lowest BCUT2D eigenvalue weighted by Gasteiger charge is -2.35. The van der Waals surface area contributed by atoms with E-state index in [1.54, 1.807) is 34.8 Å². The predicted molar refractivity (Wildman–Crippen MR) is 220 cm³/mol. The Morgan fingerprint density at radius 1 is 0.431 bits per heavy atom. The topological polar surface area (TPSA) is 68.3 Å². The van der Waals surface area contributed by atoms with Crippen LogP contribution in [-0.4, -0.2) is 23.1 Å². The molecular weight excluding hydrogens is 821 g/mol. The molecule has 4 nitrogen and oxygen atoms in total. The van der Waals surface area contributed by atoms with Gasteiger partial charge in [-0.15, -0.1) is 45.3 Å². The number of halogens is 4. The second-order valence-electron chi connectivity index (χ2n) is 16.4. The van der Waals surface area contributed by atoms with Crippen LogP contribution in [0.2, 0.25) is 0 Å². The van der Waals surface area contributed by atoms with E-state index >= 15 is 0 Å². The molecule has 0 bridgehead atoms. The Morgan fingerprint density at radius 2 is 0.759 bits per heavy atom. The second kappa shape index (κ2) is 12.0. The average molecular weight is 849 g/mol. The molecule has 2 fully saturated rings. The minimum absolute atomic E-state index is 0.0720. The zero-order chi connectivity index (χ0) is 39.6. The molecule has 2 saturated carbocycles. The van der Waals surface area contributed by atoms with E-state index < -0.39 is 46.4 Å². The molecule has 2 aromatic carbocycles. The molecule has 6 aliphatic rings. The minimum atomic E-state index is -1.16. The van der Waals surface area contributed by atoms with Crippen LogP contribution in [0.15, 0.2) is 47.5 Å². The third-order valence-electron chi connectivity index (χ3n) is 13.5. The van der Waals surface area contributed by atoms with Crippen molar-refractivity contribution in [3.63, 3.8) is 0 Å². The van der Waals surface area contributed by atoms with Crippen molar-refractivity contribution in [2.24, 2.45) is 0 Å². The number of benzene rings is 2. The lowest BCUT2D eigenvalue weighted by molar-refractivity contribution is 0.0975. The van der Waals surface area contributed by atoms with Gasteiger partial charge in [-0.3, -0.25) is 19.2 Å². The van der Waals surface area contributed by atoms with Crippen LogP contribution in [0.4, 0.5) is 17.6 Å². The fourth-order valence-corrected chi connectivity index (χ4v) is 16.9. The first-order valence-electron chi connectivity index (χ1n) is 19.5. The lowest BCUT2D eigenvalue weighted by Crippen LogP contribution is -2.28. The number of Topliss-reactive ketones (excluding diaryl/α,β-unsaturated/α-hetero) is 4. The summed E-state index contributed by atoms with van der Waals surface area (Å²) in [6, 6.07) is 7.54. The highest BCUT2D eigenvalue weighted by Crippen LogP contribution is 2.69. The van der Waals surface area contributed by atoms with E-state index in [1.165, 1.54) is 51.2 Å². The zero-order valence-corrected chi connectivity index (χ0v) is 33.7. The van der Waals surface area contributed by atoms with Gasteiger partial charge in [0.15, 0.2) is 46.4 Å². The highest BCUT2D eigenvalue weighted by molar-refractivity contribution is 7.34. The Kier molecular flexibility index (Phi) is 7.31. The largest absolute Gasteiger partial charge is 0.288 e. The number of ketones is 4. The van der Waals surface area contributed by atoms with Crippen LogP contribution in [0, 0.1) is 23.3 Å². The van der Waals surface area contributed by atoms with Crippen molar-refractivity contribution in [3.8, 4) is 19.5 Å². The van der Waals surface area contributed by atoms with Crippen LogP contribution >= 0.6 is 45.3 Å². The number of hydrogen-bond donors (Lipinski definition) is 0. The number of carbonyl (C=O) groups excluding carboxylic acids is 4. The Morgan fingerprint density at radius 3 is 1.09 bits per heavy atom. The lowest BCUT2D eigenvalue weighted by atomic mass is 9.67. The maximum absolute atomic E-state index is 14.1. The van der Waals surface area contributed by atoms with Crippen LogP contribution < -0.4 is 0 Å². The van der Waals surface area contributed by atoms with Crippen LogP contribution in [0.5, 0.6) is 0 Å². The van der Waals surface area contributed by atoms with E-state index in [4.69, 9.17) is 0 Å². The van der Waals surface area contributed by atoms with Gasteiger partial charge in [-0.25, -0.2) is 17.6 Å². The Hall–Kier alpha value is -4.62. The molecule has 12 heteroatoms. The molecular formula is C46H28F4O4S4. The second-order valence-corrected chi connectivity index (χ2v) is 20.6. The Labute approximate surface area is 344 Å². The third kappa shape index (κ3) is 4.44. The van der Waals surface area contributed by atoms with E-state index in [-0.39, 0.29) is 44.2 Å². The highest BCUT2D eigenvalue weighted by Gasteiger charge is 2.53. The van der Waals surface area contributed by atoms with Crippen LogP contribution in [0.25, 0.3) is 41.1 Å². The molecule has 58 heavy (non-hydrogen) atoms. The fraction of sp³-hybridized carbons (Fsp3) is 0.261. The number of carbonyl (C=O) groups is 4. The van der Waals surface area contributed by atoms with Crippen molar-refractivity contribution in [1.29, 1.82) is 0 Å². The van der Waals surface area contributed by atoms with Gasteiger partial charge in [-0.1, -0.05) is 38.5 Å². The predicted octanol–water partition coefficient (Wildman–Crippen LogP) is 13.0. The van der Waals surface area contributed by atoms with Crippen LogP contribution in [-0.2, 0) is 10.8 Å². The average Bonchev–Trinajstić information content (AvgIpc) is 4.09. The summed E-state index contributed by atoms with van der Waals surface area (Å²) in [6.45, 7) is 0. The number of fused-ring (bicyclic) bond motifs is 15. The maximum atomic E-state index is 14.1. The summed E-state index contributed by atoms with van der Waals surface area (Å²) in [7, 11) is 0. The fourth-order valence-electron chi connectivity index (χ4n) is 10.9. The molecule has 0 N–H and O–H groups in total. The molecule has 288 valence electrons. The first-order valence-corrected chi connectivity index (χ1v) is 22.8. The van der Waals surface area contributed by atoms with Gasteiger partial charge in [-0.05, 0) is 85.4 Å². The van der Waals surface area contributed by atoms with Gasteiger partial charge in [0.2, 0.25) is 0 Å². The summed E-state index contributed by atoms with van der Waals surface area (Å²) < 4.78 is 59.0. The summed E-state index contributed by atoms with van der Waals surface area (Å²) in [5.41, 5.74) is 4.26. The third-order valence-corrected chi connectivity index (χ3v) is 18.5. The monoisotopic (exact) mass is 848 g/mol. The van der Waals surface area contributed by atoms with Crippen LogP contribution in [0.1, 0.15) is 138 Å². The van der Waals surface area contributed by atoms with E-state index in [2.05, 4.69) is 12.1 Å². The van der Waals surface area contributed by atoms with E-state index in [0.29, 0.717) is 0 Å². The van der Waals surface area contributed by atoms with Crippen molar-refractivity contribution in [2.75, 3.05) is 0 Å². The molecule has 6 aromatic rings. The smallest absolute Gasteiger partial charge is 0.197 e. The molecule has 0 aliphatic heterocycles. The van der Waals surface area contributed by atoms with Crippen LogP contribution in [0.3, 0.4) is 0 Å². The van der Waals surface area contributed by atoms with Crippen molar-refractivity contribution < 1.29 is 36.7 Å². The van der Waals surface area contributed by atoms with Crippen molar-refractivity contribution in [3.05, 3.63) is 125 Å². The quantitative estimate of drug-likeness (QED) is 0.0989. The first kappa shape index (κ1) is 35.3. The zero-order valence-electron chi connectivity index (χ0n) is 30.5. The summed E-state index contributed by atoms with van der Waals surface area (Å²) >= 11 is 6.85. The highest BCUT2D eigenvalue weighted by atomic mass is 32.1. The van der Waals surface area contributed by atoms with Crippen molar-refractivity contribution in [2.45, 2.75) is 75.0 Å². The summed E-state index contributed by atoms with van der Waals surface area (Å²) in [5, 5.41) is 0. The van der Waals surface area contributed by atoms with Gasteiger partial charge in [0.05, 0.1) is 30.3 Å². The number of allylic oxidation sites excluding steroid dienone is 2. The van der Waals surface area contributed by atoms with Gasteiger partial charge in [0.25, 0.3) is 0 Å². The molecule has 0 saturated heterocycles. The molecule has 2 spiro atoms. The maximum Gasteiger partial charge on any atom is 0.197 e. The van der Waals surface area contributed by atoms with Gasteiger partial charge in [-0.2, -0.15) is 0 Å². The normalized spacial score (nSPS) is 19.4. The van der Waals surface area contributed by atoms with Gasteiger partial charge >= 0.3 is 0 Å². The van der Waals surface area contributed by atoms with Crippen molar-refractivity contribution >= 4 is 90.0 Å². The molecule has 0 amide bonds. The van der Waals surface area contributed by atoms with Gasteiger partial charge in [0.1, 0.15) is 0 Å². The SMILES string of the molecule is O=C1C(=Cc2cc3c(s2)-c2sc4c5c(sc4c2C32CCCCC2)-c2sc(C=C3C(=O)c4cc(F)c(F)cc4C3=O)cc2C52CCCCC2)C(=O)c2cc(F)c(F)cc21. The summed E-state index contributed by atoms with van der Waals surface area (Å²) in [6.07, 6.45) is 13.8. The van der Waals surface area contributed by atoms with E-state index in [9.17, 15) is 36.7 Å². The summed E-state index contributed by atoms with van der Waals surface area (Å²) in [5.74, 6) is -6.98. The van der Waals surface area contributed by atoms with Crippen molar-refractivity contribution in [1.82, 2.24) is 0 Å². The molecule has 12 rings (SSSR count). The molecule has 6 aliphatic carbocycles. The first-order chi connectivity index (χ1) is 28.0. The van der Waals surface area contributed by atoms with Gasteiger partial charge in [0, 0.05) is 63.7 Å². The number of hydrogen-bond acceptors (Lipinski definition) is 8. The van der Waals surface area contributed by atoms with E-state index in [0.717, 1.165) is 98.2 Å². The molecule has 0 unspecified atom stereocenters. The Bertz CT molecular complexity index is 2760. The Balaban J connectivity index is 0.988. The summed E-state index contributed by atoms with van der Waals surface area (Å²) in [4.78, 5) is 59.7. The van der Waals surface area contributed by atoms with E-state index in [1.807, 2.05) is 22.7 Å². The molecule has 4 heterocycles. The number of rotatable bonds is 2. The minimum Gasteiger partial charge on any atom is -0.288 e.